The summed E-state index contributed by atoms with van der Waals surface area (Å²) in [7, 11) is 1.84. The average Bonchev–Trinajstić information content (AvgIpc) is 3.23. The van der Waals surface area contributed by atoms with Gasteiger partial charge in [0.1, 0.15) is 5.54 Å². The van der Waals surface area contributed by atoms with E-state index in [9.17, 15) is 9.59 Å². The third kappa shape index (κ3) is 3.45. The lowest BCUT2D eigenvalue weighted by Gasteiger charge is -2.30. The molecule has 1 aliphatic rings. The van der Waals surface area contributed by atoms with Gasteiger partial charge in [-0.2, -0.15) is 5.10 Å². The van der Waals surface area contributed by atoms with Crippen LogP contribution < -0.4 is 16.4 Å². The number of hydrogen-bond acceptors (Lipinski definition) is 4. The van der Waals surface area contributed by atoms with Gasteiger partial charge in [-0.15, -0.1) is 0 Å². The van der Waals surface area contributed by atoms with Gasteiger partial charge in [0.05, 0.1) is 12.1 Å². The van der Waals surface area contributed by atoms with E-state index >= 15 is 0 Å². The summed E-state index contributed by atoms with van der Waals surface area (Å²) in [6.07, 6.45) is 3.67. The lowest BCUT2D eigenvalue weighted by Crippen LogP contribution is -2.54. The first-order chi connectivity index (χ1) is 12.3. The fourth-order valence-electron chi connectivity index (χ4n) is 3.35. The molecule has 1 aromatic heterocycles. The number of nitrogens with zero attached hydrogens (tertiary/aromatic N) is 2. The Labute approximate surface area is 156 Å². The van der Waals surface area contributed by atoms with Crippen molar-refractivity contribution in [1.82, 2.24) is 20.4 Å². The molecule has 3 atom stereocenters. The molecule has 2 aromatic rings. The van der Waals surface area contributed by atoms with Crippen LogP contribution in [0.25, 0.3) is 0 Å². The van der Waals surface area contributed by atoms with E-state index in [1.807, 2.05) is 13.2 Å². The molecule has 26 heavy (non-hydrogen) atoms. The van der Waals surface area contributed by atoms with Crippen LogP contribution >= 0.6 is 11.6 Å². The largest absolute Gasteiger partial charge is 0.367 e. The van der Waals surface area contributed by atoms with Crippen LogP contribution in [0.15, 0.2) is 36.7 Å². The minimum atomic E-state index is -1.34. The molecule has 0 spiro atoms. The zero-order valence-corrected chi connectivity index (χ0v) is 15.5. The summed E-state index contributed by atoms with van der Waals surface area (Å²) in [6.45, 7) is 2.80. The maximum absolute atomic E-state index is 13.0. The number of amides is 2. The number of halogens is 1. The summed E-state index contributed by atoms with van der Waals surface area (Å²) < 4.78 is 1.71. The number of carbonyl (C=O) groups excluding carboxylic acids is 2. The maximum Gasteiger partial charge on any atom is 0.247 e. The van der Waals surface area contributed by atoms with Crippen LogP contribution in [0.2, 0.25) is 5.02 Å². The Morgan fingerprint density at radius 2 is 2.19 bits per heavy atom. The molecule has 1 saturated heterocycles. The highest BCUT2D eigenvalue weighted by atomic mass is 35.5. The monoisotopic (exact) mass is 375 g/mol. The number of carbonyl (C=O) groups is 2. The summed E-state index contributed by atoms with van der Waals surface area (Å²) >= 11 is 6.04. The fraction of sp³-hybridized carbons (Fsp3) is 0.389. The Kier molecular flexibility index (Phi) is 5.02. The van der Waals surface area contributed by atoms with Crippen molar-refractivity contribution >= 4 is 23.4 Å². The number of benzene rings is 1. The SMILES string of the molecule is Cn1cc([C@H]2CNC[C@@H]2C(=O)NC(C)(C(N)=O)c2cccc(Cl)c2)cn1. The lowest BCUT2D eigenvalue weighted by atomic mass is 9.87. The molecule has 0 radical (unpaired) electrons. The van der Waals surface area contributed by atoms with Crippen molar-refractivity contribution in [2.24, 2.45) is 18.7 Å². The second kappa shape index (κ2) is 7.09. The van der Waals surface area contributed by atoms with E-state index in [0.717, 1.165) is 5.56 Å². The predicted octanol–water partition coefficient (Wildman–Crippen LogP) is 0.893. The first-order valence-corrected chi connectivity index (χ1v) is 8.76. The summed E-state index contributed by atoms with van der Waals surface area (Å²) in [5, 5.41) is 10.7. The van der Waals surface area contributed by atoms with E-state index in [1.165, 1.54) is 0 Å². The van der Waals surface area contributed by atoms with E-state index in [-0.39, 0.29) is 17.7 Å². The van der Waals surface area contributed by atoms with Crippen LogP contribution in [-0.4, -0.2) is 34.7 Å². The number of nitrogens with two attached hydrogens (primary N) is 1. The average molecular weight is 376 g/mol. The first-order valence-electron chi connectivity index (χ1n) is 8.38. The second-order valence-electron chi connectivity index (χ2n) is 6.81. The molecular formula is C18H22ClN5O2. The van der Waals surface area contributed by atoms with Crippen LogP contribution in [0.1, 0.15) is 24.0 Å². The van der Waals surface area contributed by atoms with Crippen molar-refractivity contribution in [2.45, 2.75) is 18.4 Å². The zero-order chi connectivity index (χ0) is 18.9. The van der Waals surface area contributed by atoms with Crippen molar-refractivity contribution in [1.29, 1.82) is 0 Å². The van der Waals surface area contributed by atoms with Gasteiger partial charge in [-0.05, 0) is 30.2 Å². The molecule has 2 heterocycles. The maximum atomic E-state index is 13.0. The molecular weight excluding hydrogens is 354 g/mol. The highest BCUT2D eigenvalue weighted by Crippen LogP contribution is 2.30. The molecule has 0 aliphatic carbocycles. The normalized spacial score (nSPS) is 22.0. The third-order valence-electron chi connectivity index (χ3n) is 4.97. The van der Waals surface area contributed by atoms with Gasteiger partial charge in [-0.3, -0.25) is 14.3 Å². The van der Waals surface area contributed by atoms with E-state index in [1.54, 1.807) is 42.1 Å². The van der Waals surface area contributed by atoms with Gasteiger partial charge in [0.2, 0.25) is 11.8 Å². The molecule has 0 saturated carbocycles. The molecule has 2 amide bonds. The molecule has 7 nitrogen and oxygen atoms in total. The summed E-state index contributed by atoms with van der Waals surface area (Å²) in [6, 6.07) is 6.79. The lowest BCUT2D eigenvalue weighted by molar-refractivity contribution is -0.133. The molecule has 1 unspecified atom stereocenters. The Morgan fingerprint density at radius 3 is 2.81 bits per heavy atom. The molecule has 8 heteroatoms. The number of hydrogen-bond donors (Lipinski definition) is 3. The van der Waals surface area contributed by atoms with Crippen LogP contribution in [0.4, 0.5) is 0 Å². The Balaban J connectivity index is 1.85. The predicted molar refractivity (Wildman–Crippen MR) is 98.4 cm³/mol. The minimum Gasteiger partial charge on any atom is -0.367 e. The molecule has 1 fully saturated rings. The van der Waals surface area contributed by atoms with Crippen molar-refractivity contribution in [3.05, 3.63) is 52.8 Å². The number of nitrogens with one attached hydrogen (secondary N) is 2. The van der Waals surface area contributed by atoms with Crippen molar-refractivity contribution < 1.29 is 9.59 Å². The standard InChI is InChI=1S/C18H22ClN5O2/c1-18(17(20)26,12-4-3-5-13(19)6-12)23-16(25)15-9-21-8-14(15)11-7-22-24(2)10-11/h3-7,10,14-15,21H,8-9H2,1-2H3,(H2,20,26)(H,23,25)/t14-,15+,18?/m1/s1. The van der Waals surface area contributed by atoms with Gasteiger partial charge in [0, 0.05) is 37.3 Å². The molecule has 0 bridgehead atoms. The minimum absolute atomic E-state index is 0.0137. The zero-order valence-electron chi connectivity index (χ0n) is 14.7. The Morgan fingerprint density at radius 1 is 1.42 bits per heavy atom. The van der Waals surface area contributed by atoms with Gasteiger partial charge >= 0.3 is 0 Å². The van der Waals surface area contributed by atoms with E-state index in [0.29, 0.717) is 23.7 Å². The van der Waals surface area contributed by atoms with Crippen LogP contribution in [0, 0.1) is 5.92 Å². The number of aromatic nitrogens is 2. The Bertz CT molecular complexity index is 836. The number of aryl methyl sites for hydroxylation is 1. The van der Waals surface area contributed by atoms with Gasteiger partial charge in [0.15, 0.2) is 0 Å². The highest BCUT2D eigenvalue weighted by molar-refractivity contribution is 6.30. The highest BCUT2D eigenvalue weighted by Gasteiger charge is 2.41. The number of primary amides is 1. The summed E-state index contributed by atoms with van der Waals surface area (Å²) in [4.78, 5) is 25.2. The smallest absolute Gasteiger partial charge is 0.247 e. The Hall–Kier alpha value is -2.38. The van der Waals surface area contributed by atoms with Crippen molar-refractivity contribution in [2.75, 3.05) is 13.1 Å². The second-order valence-corrected chi connectivity index (χ2v) is 7.24. The van der Waals surface area contributed by atoms with Gasteiger partial charge < -0.3 is 16.4 Å². The third-order valence-corrected chi connectivity index (χ3v) is 5.21. The van der Waals surface area contributed by atoms with Crippen LogP contribution in [0.3, 0.4) is 0 Å². The number of rotatable bonds is 5. The molecule has 4 N–H and O–H groups in total. The fourth-order valence-corrected chi connectivity index (χ4v) is 3.54. The van der Waals surface area contributed by atoms with Crippen molar-refractivity contribution in [3.8, 4) is 0 Å². The topological polar surface area (TPSA) is 102 Å². The molecule has 1 aliphatic heterocycles. The molecule has 1 aromatic carbocycles. The van der Waals surface area contributed by atoms with Gasteiger partial charge in [0.25, 0.3) is 0 Å². The van der Waals surface area contributed by atoms with E-state index in [4.69, 9.17) is 17.3 Å². The van der Waals surface area contributed by atoms with Gasteiger partial charge in [-0.25, -0.2) is 0 Å². The van der Waals surface area contributed by atoms with Crippen LogP contribution in [-0.2, 0) is 22.2 Å². The van der Waals surface area contributed by atoms with Crippen LogP contribution in [0.5, 0.6) is 0 Å². The molecule has 138 valence electrons. The molecule has 3 rings (SSSR count). The quantitative estimate of drug-likeness (QED) is 0.722. The van der Waals surface area contributed by atoms with Crippen molar-refractivity contribution in [3.63, 3.8) is 0 Å². The van der Waals surface area contributed by atoms with E-state index < -0.39 is 11.4 Å². The van der Waals surface area contributed by atoms with Gasteiger partial charge in [-0.1, -0.05) is 23.7 Å². The summed E-state index contributed by atoms with van der Waals surface area (Å²) in [5.41, 5.74) is 5.82. The first kappa shape index (κ1) is 18.4. The van der Waals surface area contributed by atoms with E-state index in [2.05, 4.69) is 15.7 Å². The summed E-state index contributed by atoms with van der Waals surface area (Å²) in [5.74, 6) is -1.21.